The molecule has 1 fully saturated rings. The van der Waals surface area contributed by atoms with Gasteiger partial charge in [-0.15, -0.1) is 0 Å². The molecule has 1 aromatic carbocycles. The van der Waals surface area contributed by atoms with E-state index in [0.717, 1.165) is 43.8 Å². The van der Waals surface area contributed by atoms with Gasteiger partial charge in [0.2, 0.25) is 0 Å². The summed E-state index contributed by atoms with van der Waals surface area (Å²) in [4.78, 5) is 2.31. The third-order valence-corrected chi connectivity index (χ3v) is 3.20. The highest BCUT2D eigenvalue weighted by Gasteiger charge is 2.15. The van der Waals surface area contributed by atoms with Crippen LogP contribution in [0.4, 0.5) is 4.39 Å². The zero-order chi connectivity index (χ0) is 13.0. The standard InChI is InChI=1S/C14H21FN2O/c1-11-9-17(3-2-4-18-11)10-13-5-12(8-16)6-14(15)7-13/h5-7,11H,2-4,8-10,16H2,1H3. The third kappa shape index (κ3) is 3.77. The first-order valence-corrected chi connectivity index (χ1v) is 6.50. The first-order valence-electron chi connectivity index (χ1n) is 6.50. The van der Waals surface area contributed by atoms with Crippen LogP contribution in [0.5, 0.6) is 0 Å². The highest BCUT2D eigenvalue weighted by molar-refractivity contribution is 5.24. The highest BCUT2D eigenvalue weighted by Crippen LogP contribution is 2.14. The summed E-state index contributed by atoms with van der Waals surface area (Å²) in [6.07, 6.45) is 1.28. The Morgan fingerprint density at radius 3 is 2.94 bits per heavy atom. The van der Waals surface area contributed by atoms with Crippen LogP contribution in [0.15, 0.2) is 18.2 Å². The van der Waals surface area contributed by atoms with Crippen molar-refractivity contribution in [2.24, 2.45) is 5.73 Å². The Bertz CT molecular complexity index is 397. The number of benzene rings is 1. The maximum Gasteiger partial charge on any atom is 0.123 e. The lowest BCUT2D eigenvalue weighted by Gasteiger charge is -2.22. The average molecular weight is 252 g/mol. The third-order valence-electron chi connectivity index (χ3n) is 3.20. The summed E-state index contributed by atoms with van der Waals surface area (Å²) in [5.41, 5.74) is 7.41. The largest absolute Gasteiger partial charge is 0.377 e. The molecule has 0 bridgehead atoms. The molecule has 0 saturated carbocycles. The lowest BCUT2D eigenvalue weighted by molar-refractivity contribution is 0.0668. The van der Waals surface area contributed by atoms with E-state index in [2.05, 4.69) is 11.8 Å². The van der Waals surface area contributed by atoms with Gasteiger partial charge in [-0.2, -0.15) is 0 Å². The minimum Gasteiger partial charge on any atom is -0.377 e. The number of nitrogens with zero attached hydrogens (tertiary/aromatic N) is 1. The normalized spacial score (nSPS) is 21.8. The molecule has 1 aliphatic heterocycles. The summed E-state index contributed by atoms with van der Waals surface area (Å²) in [6.45, 7) is 5.93. The van der Waals surface area contributed by atoms with Crippen LogP contribution >= 0.6 is 0 Å². The summed E-state index contributed by atoms with van der Waals surface area (Å²) in [5.74, 6) is -0.202. The fourth-order valence-electron chi connectivity index (χ4n) is 2.41. The van der Waals surface area contributed by atoms with Crippen molar-refractivity contribution >= 4 is 0 Å². The molecule has 1 heterocycles. The van der Waals surface area contributed by atoms with Gasteiger partial charge in [0.15, 0.2) is 0 Å². The van der Waals surface area contributed by atoms with E-state index in [1.165, 1.54) is 6.07 Å². The second-order valence-corrected chi connectivity index (χ2v) is 4.94. The second kappa shape index (κ2) is 6.27. The summed E-state index contributed by atoms with van der Waals surface area (Å²) >= 11 is 0. The predicted octanol–water partition coefficient (Wildman–Crippen LogP) is 1.90. The van der Waals surface area contributed by atoms with Crippen LogP contribution in [-0.4, -0.2) is 30.7 Å². The Balaban J connectivity index is 2.05. The smallest absolute Gasteiger partial charge is 0.123 e. The van der Waals surface area contributed by atoms with E-state index in [-0.39, 0.29) is 11.9 Å². The highest BCUT2D eigenvalue weighted by atomic mass is 19.1. The molecule has 1 atom stereocenters. The number of halogens is 1. The quantitative estimate of drug-likeness (QED) is 0.893. The summed E-state index contributed by atoms with van der Waals surface area (Å²) in [5, 5.41) is 0. The molecule has 1 unspecified atom stereocenters. The van der Waals surface area contributed by atoms with E-state index >= 15 is 0 Å². The fourth-order valence-corrected chi connectivity index (χ4v) is 2.41. The van der Waals surface area contributed by atoms with Gasteiger partial charge in [0.25, 0.3) is 0 Å². The molecule has 3 nitrogen and oxygen atoms in total. The van der Waals surface area contributed by atoms with Crippen LogP contribution in [-0.2, 0) is 17.8 Å². The van der Waals surface area contributed by atoms with Crippen LogP contribution in [0.1, 0.15) is 24.5 Å². The van der Waals surface area contributed by atoms with Gasteiger partial charge in [0.1, 0.15) is 5.82 Å². The Morgan fingerprint density at radius 2 is 2.17 bits per heavy atom. The molecule has 0 aromatic heterocycles. The van der Waals surface area contributed by atoms with Crippen molar-refractivity contribution < 1.29 is 9.13 Å². The van der Waals surface area contributed by atoms with Gasteiger partial charge < -0.3 is 10.5 Å². The number of nitrogens with two attached hydrogens (primary N) is 1. The fraction of sp³-hybridized carbons (Fsp3) is 0.571. The van der Waals surface area contributed by atoms with Crippen molar-refractivity contribution in [3.05, 3.63) is 35.1 Å². The Hall–Kier alpha value is -0.970. The van der Waals surface area contributed by atoms with E-state index in [4.69, 9.17) is 10.5 Å². The topological polar surface area (TPSA) is 38.5 Å². The van der Waals surface area contributed by atoms with Crippen molar-refractivity contribution in [3.8, 4) is 0 Å². The van der Waals surface area contributed by atoms with Crippen molar-refractivity contribution in [1.29, 1.82) is 0 Å². The van der Waals surface area contributed by atoms with Crippen molar-refractivity contribution in [3.63, 3.8) is 0 Å². The first-order chi connectivity index (χ1) is 8.67. The van der Waals surface area contributed by atoms with Crippen molar-refractivity contribution in [1.82, 2.24) is 4.90 Å². The lowest BCUT2D eigenvalue weighted by atomic mass is 10.1. The minimum atomic E-state index is -0.202. The molecule has 4 heteroatoms. The van der Waals surface area contributed by atoms with E-state index in [0.29, 0.717) is 6.54 Å². The SMILES string of the molecule is CC1CN(Cc2cc(F)cc(CN)c2)CCCO1. The van der Waals surface area contributed by atoms with Gasteiger partial charge >= 0.3 is 0 Å². The predicted molar refractivity (Wildman–Crippen MR) is 69.6 cm³/mol. The molecule has 0 amide bonds. The molecule has 1 aromatic rings. The van der Waals surface area contributed by atoms with E-state index < -0.39 is 0 Å². The van der Waals surface area contributed by atoms with Crippen LogP contribution in [0, 0.1) is 5.82 Å². The summed E-state index contributed by atoms with van der Waals surface area (Å²) in [6, 6.07) is 5.08. The summed E-state index contributed by atoms with van der Waals surface area (Å²) in [7, 11) is 0. The van der Waals surface area contributed by atoms with Crippen molar-refractivity contribution in [2.75, 3.05) is 19.7 Å². The second-order valence-electron chi connectivity index (χ2n) is 4.94. The van der Waals surface area contributed by atoms with E-state index in [1.807, 2.05) is 6.07 Å². The maximum absolute atomic E-state index is 13.4. The van der Waals surface area contributed by atoms with Crippen molar-refractivity contribution in [2.45, 2.75) is 32.5 Å². The number of rotatable bonds is 3. The average Bonchev–Trinajstić information content (AvgIpc) is 2.52. The van der Waals surface area contributed by atoms with Gasteiger partial charge in [-0.3, -0.25) is 4.90 Å². The van der Waals surface area contributed by atoms with E-state index in [1.54, 1.807) is 6.07 Å². The lowest BCUT2D eigenvalue weighted by Crippen LogP contribution is -2.29. The van der Waals surface area contributed by atoms with Crippen LogP contribution in [0.3, 0.4) is 0 Å². The van der Waals surface area contributed by atoms with Gasteiger partial charge in [-0.05, 0) is 36.6 Å². The minimum absolute atomic E-state index is 0.202. The molecule has 0 radical (unpaired) electrons. The van der Waals surface area contributed by atoms with Gasteiger partial charge in [-0.1, -0.05) is 6.07 Å². The van der Waals surface area contributed by atoms with E-state index in [9.17, 15) is 4.39 Å². The molecular weight excluding hydrogens is 231 g/mol. The molecule has 2 rings (SSSR count). The Labute approximate surface area is 108 Å². The number of hydrogen-bond donors (Lipinski definition) is 1. The van der Waals surface area contributed by atoms with Crippen LogP contribution in [0.2, 0.25) is 0 Å². The molecule has 18 heavy (non-hydrogen) atoms. The molecule has 2 N–H and O–H groups in total. The number of hydrogen-bond acceptors (Lipinski definition) is 3. The number of ether oxygens (including phenoxy) is 1. The molecule has 100 valence electrons. The zero-order valence-electron chi connectivity index (χ0n) is 10.9. The Morgan fingerprint density at radius 1 is 1.39 bits per heavy atom. The monoisotopic (exact) mass is 252 g/mol. The zero-order valence-corrected chi connectivity index (χ0v) is 10.9. The first kappa shape index (κ1) is 13.5. The molecule has 0 spiro atoms. The maximum atomic E-state index is 13.4. The van der Waals surface area contributed by atoms with Crippen LogP contribution < -0.4 is 5.73 Å². The molecule has 1 aliphatic rings. The van der Waals surface area contributed by atoms with Gasteiger partial charge in [0.05, 0.1) is 6.10 Å². The summed E-state index contributed by atoms with van der Waals surface area (Å²) < 4.78 is 19.0. The molecule has 0 aliphatic carbocycles. The van der Waals surface area contributed by atoms with Gasteiger partial charge in [-0.25, -0.2) is 4.39 Å². The van der Waals surface area contributed by atoms with Gasteiger partial charge in [0, 0.05) is 32.8 Å². The Kier molecular flexibility index (Phi) is 4.69. The molecule has 1 saturated heterocycles. The van der Waals surface area contributed by atoms with Crippen LogP contribution in [0.25, 0.3) is 0 Å². The molecular formula is C14H21FN2O.